The van der Waals surface area contributed by atoms with Crippen molar-refractivity contribution in [3.63, 3.8) is 0 Å². The van der Waals surface area contributed by atoms with Crippen LogP contribution in [0.3, 0.4) is 0 Å². The summed E-state index contributed by atoms with van der Waals surface area (Å²) in [6.07, 6.45) is 12.0. The third kappa shape index (κ3) is 11.1. The molecule has 0 radical (unpaired) electrons. The van der Waals surface area contributed by atoms with Gasteiger partial charge in [-0.25, -0.2) is 18.2 Å². The van der Waals surface area contributed by atoms with E-state index in [-0.39, 0.29) is 20.8 Å². The van der Waals surface area contributed by atoms with Crippen molar-refractivity contribution in [2.45, 2.75) is 70.9 Å². The number of carbonyl (C=O) groups excluding carboxylic acids is 1. The molecule has 1 aromatic heterocycles. The summed E-state index contributed by atoms with van der Waals surface area (Å²) < 4.78 is 38.4. The van der Waals surface area contributed by atoms with Gasteiger partial charge in [-0.3, -0.25) is 4.79 Å². The number of nitrogens with zero attached hydrogens (tertiary/aromatic N) is 1. The summed E-state index contributed by atoms with van der Waals surface area (Å²) in [6.45, 7) is 5.93. The molecular weight excluding hydrogens is 489 g/mol. The molecule has 0 unspecified atom stereocenters. The van der Waals surface area contributed by atoms with Crippen molar-refractivity contribution >= 4 is 11.6 Å². The van der Waals surface area contributed by atoms with Gasteiger partial charge in [0.25, 0.3) is 0 Å². The number of allylic oxidation sites excluding steroid dienone is 3. The fraction of sp³-hybridized carbons (Fsp3) is 0.484. The first-order valence-electron chi connectivity index (χ1n) is 13.2. The summed E-state index contributed by atoms with van der Waals surface area (Å²) in [5.74, 6) is 1.96. The molecule has 212 valence electrons. The highest BCUT2D eigenvalue weighted by atomic mass is 19.3. The Morgan fingerprint density at radius 1 is 1.13 bits per heavy atom. The molecule has 0 amide bonds. The number of pyridine rings is 1. The second-order valence-corrected chi connectivity index (χ2v) is 10.2. The van der Waals surface area contributed by atoms with Gasteiger partial charge in [-0.15, -0.1) is 0 Å². The zero-order valence-electron chi connectivity index (χ0n) is 22.9. The Kier molecular flexibility index (Phi) is 13.1. The minimum absolute atomic E-state index is 0. The van der Waals surface area contributed by atoms with Crippen molar-refractivity contribution in [3.8, 4) is 11.1 Å². The van der Waals surface area contributed by atoms with Crippen molar-refractivity contribution < 1.29 is 25.6 Å². The fourth-order valence-electron chi connectivity index (χ4n) is 4.62. The Hall–Kier alpha value is -3.09. The van der Waals surface area contributed by atoms with Gasteiger partial charge in [-0.2, -0.15) is 0 Å². The van der Waals surface area contributed by atoms with Gasteiger partial charge in [0.05, 0.1) is 7.11 Å². The molecule has 7 heteroatoms. The van der Waals surface area contributed by atoms with E-state index in [0.717, 1.165) is 35.0 Å². The monoisotopic (exact) mass is 534 g/mol. The Morgan fingerprint density at radius 2 is 1.76 bits per heavy atom. The van der Waals surface area contributed by atoms with E-state index in [9.17, 15) is 18.0 Å². The lowest BCUT2D eigenvalue weighted by atomic mass is 9.87. The highest BCUT2D eigenvalue weighted by molar-refractivity contribution is 5.83. The smallest absolute Gasteiger partial charge is 0.229 e. The van der Waals surface area contributed by atoms with Crippen LogP contribution in [-0.2, 0) is 16.0 Å². The molecule has 0 saturated heterocycles. The van der Waals surface area contributed by atoms with Crippen molar-refractivity contribution in [1.29, 1.82) is 0 Å². The minimum atomic E-state index is -1.75. The van der Waals surface area contributed by atoms with E-state index >= 15 is 0 Å². The van der Waals surface area contributed by atoms with Gasteiger partial charge in [0, 0.05) is 34.0 Å². The second-order valence-electron chi connectivity index (χ2n) is 10.2. The summed E-state index contributed by atoms with van der Waals surface area (Å²) in [5, 5.41) is 3.45. The van der Waals surface area contributed by atoms with E-state index < -0.39 is 12.6 Å². The number of benzene rings is 1. The molecule has 1 fully saturated rings. The lowest BCUT2D eigenvalue weighted by Gasteiger charge is -2.21. The number of alkyl halides is 3. The normalized spacial score (nSPS) is 14.3. The lowest BCUT2D eigenvalue weighted by Crippen LogP contribution is -2.17. The van der Waals surface area contributed by atoms with Crippen LogP contribution in [0.15, 0.2) is 66.6 Å². The fourth-order valence-corrected chi connectivity index (χ4v) is 4.62. The van der Waals surface area contributed by atoms with Crippen LogP contribution in [0.25, 0.3) is 11.1 Å². The first-order valence-corrected chi connectivity index (χ1v) is 13.2. The molecule has 1 aliphatic rings. The summed E-state index contributed by atoms with van der Waals surface area (Å²) in [5.41, 5.74) is 1.95. The van der Waals surface area contributed by atoms with Gasteiger partial charge in [0.2, 0.25) is 6.93 Å². The molecular formula is C31H45F3N2O2. The molecule has 1 aliphatic carbocycles. The highest BCUT2D eigenvalue weighted by Crippen LogP contribution is 2.27. The number of ether oxygens (including phenoxy) is 1. The molecule has 0 atom stereocenters. The number of Topliss-reactive ketones (excluding diaryl/α,β-unsaturated/α-hetero) is 1. The Bertz CT molecular complexity index is 1030. The van der Waals surface area contributed by atoms with E-state index in [1.54, 1.807) is 0 Å². The number of rotatable bonds is 12. The molecule has 1 aromatic carbocycles. The largest absolute Gasteiger partial charge is 0.498 e. The number of nitrogens with one attached hydrogen (secondary N) is 1. The van der Waals surface area contributed by atoms with Crippen molar-refractivity contribution in [1.82, 2.24) is 4.98 Å². The van der Waals surface area contributed by atoms with Crippen molar-refractivity contribution in [3.05, 3.63) is 72.1 Å². The molecule has 2 aromatic rings. The molecule has 0 spiro atoms. The number of halogens is 3. The van der Waals surface area contributed by atoms with Crippen molar-refractivity contribution in [2.24, 2.45) is 5.92 Å². The van der Waals surface area contributed by atoms with Gasteiger partial charge in [-0.1, -0.05) is 62.9 Å². The summed E-state index contributed by atoms with van der Waals surface area (Å²) in [6, 6.07) is 12.1. The Labute approximate surface area is 228 Å². The maximum atomic E-state index is 14.1. The number of methoxy groups -OCH3 is 1. The van der Waals surface area contributed by atoms with E-state index in [1.807, 2.05) is 36.5 Å². The third-order valence-corrected chi connectivity index (χ3v) is 6.60. The number of hydrogen-bond donors (Lipinski definition) is 1. The maximum Gasteiger partial charge on any atom is 0.229 e. The van der Waals surface area contributed by atoms with E-state index in [4.69, 9.17) is 4.74 Å². The average Bonchev–Trinajstić information content (AvgIpc) is 2.88. The topological polar surface area (TPSA) is 51.2 Å². The van der Waals surface area contributed by atoms with Crippen LogP contribution in [0, 0.1) is 5.92 Å². The van der Waals surface area contributed by atoms with Gasteiger partial charge >= 0.3 is 0 Å². The number of hydrogen-bond acceptors (Lipinski definition) is 4. The predicted octanol–water partition coefficient (Wildman–Crippen LogP) is 8.84. The van der Waals surface area contributed by atoms with Crippen LogP contribution < -0.4 is 5.32 Å². The molecule has 38 heavy (non-hydrogen) atoms. The number of aromatic nitrogens is 1. The standard InChI is InChI=1S/C30H39FN2O2.CH2F2.2H2/c1-22(19-28(35-4)30(2,3)31)18-27(34)20-24-10-12-25(13-11-24)26-14-15-29(33-21-26)32-17-16-23-8-6-5-7-9-23;2-1-3;;/h10-15,19,21,23H,1,5-9,16-18,20H2,2-4H3,(H,32,33);1H2;2*1H/b28-19-;;;. The van der Waals surface area contributed by atoms with E-state index in [1.165, 1.54) is 65.6 Å². The second kappa shape index (κ2) is 16.0. The van der Waals surface area contributed by atoms with E-state index in [0.29, 0.717) is 12.0 Å². The first kappa shape index (κ1) is 31.1. The average molecular weight is 535 g/mol. The summed E-state index contributed by atoms with van der Waals surface area (Å²) in [7, 11) is 1.42. The van der Waals surface area contributed by atoms with Crippen LogP contribution in [-0.4, -0.2) is 37.0 Å². The Balaban J connectivity index is 0.00000291. The SMILES string of the molecule is C=C(/C=C(\OC)C(C)(C)F)CC(=O)Cc1ccc(-c2ccc(NCCC3CCCCC3)nc2)cc1.FCF.[HH].[HH]. The van der Waals surface area contributed by atoms with Gasteiger partial charge in [0.1, 0.15) is 17.4 Å². The third-order valence-electron chi connectivity index (χ3n) is 6.60. The van der Waals surface area contributed by atoms with Crippen LogP contribution in [0.4, 0.5) is 19.0 Å². The van der Waals surface area contributed by atoms with Gasteiger partial charge < -0.3 is 10.1 Å². The number of anilines is 1. The number of carbonyl (C=O) groups is 1. The van der Waals surface area contributed by atoms with E-state index in [2.05, 4.69) is 22.9 Å². The molecule has 0 bridgehead atoms. The summed E-state index contributed by atoms with van der Waals surface area (Å²) in [4.78, 5) is 17.1. The number of ketones is 1. The predicted molar refractivity (Wildman–Crippen MR) is 153 cm³/mol. The van der Waals surface area contributed by atoms with Crippen LogP contribution in [0.1, 0.15) is 67.2 Å². The first-order chi connectivity index (χ1) is 18.2. The van der Waals surface area contributed by atoms with Gasteiger partial charge in [0.15, 0.2) is 5.67 Å². The molecule has 0 aliphatic heterocycles. The maximum absolute atomic E-state index is 14.1. The zero-order valence-corrected chi connectivity index (χ0v) is 22.9. The molecule has 1 heterocycles. The quantitative estimate of drug-likeness (QED) is 0.218. The summed E-state index contributed by atoms with van der Waals surface area (Å²) >= 11 is 0. The van der Waals surface area contributed by atoms with Crippen LogP contribution >= 0.6 is 0 Å². The van der Waals surface area contributed by atoms with Crippen LogP contribution in [0.2, 0.25) is 0 Å². The molecule has 1 saturated carbocycles. The minimum Gasteiger partial charge on any atom is -0.498 e. The molecule has 4 nitrogen and oxygen atoms in total. The molecule has 1 N–H and O–H groups in total. The van der Waals surface area contributed by atoms with Gasteiger partial charge in [-0.05, 0) is 61.1 Å². The highest BCUT2D eigenvalue weighted by Gasteiger charge is 2.23. The van der Waals surface area contributed by atoms with Crippen LogP contribution in [0.5, 0.6) is 0 Å². The zero-order chi connectivity index (χ0) is 28.0. The lowest BCUT2D eigenvalue weighted by molar-refractivity contribution is -0.117. The van der Waals surface area contributed by atoms with Crippen molar-refractivity contribution in [2.75, 3.05) is 25.9 Å². The Morgan fingerprint density at radius 3 is 2.32 bits per heavy atom. The molecule has 3 rings (SSSR count).